The highest BCUT2D eigenvalue weighted by Gasteiger charge is 2.44. The van der Waals surface area contributed by atoms with E-state index in [2.05, 4.69) is 5.32 Å². The van der Waals surface area contributed by atoms with Gasteiger partial charge in [0.05, 0.1) is 43.6 Å². The summed E-state index contributed by atoms with van der Waals surface area (Å²) in [4.78, 5) is 37.5. The Balaban J connectivity index is 2.09. The fourth-order valence-electron chi connectivity index (χ4n) is 4.46. The highest BCUT2D eigenvalue weighted by atomic mass is 35.5. The van der Waals surface area contributed by atoms with E-state index in [1.807, 2.05) is 18.2 Å². The van der Waals surface area contributed by atoms with Gasteiger partial charge in [0.25, 0.3) is 0 Å². The quantitative estimate of drug-likeness (QED) is 0.352. The number of methoxy groups -OCH3 is 1. The van der Waals surface area contributed by atoms with E-state index in [4.69, 9.17) is 25.8 Å². The molecule has 0 aromatic heterocycles. The van der Waals surface area contributed by atoms with Gasteiger partial charge >= 0.3 is 11.9 Å². The molecule has 0 bridgehead atoms. The fraction of sp³-hybridized carbons (Fsp3) is 0.640. The summed E-state index contributed by atoms with van der Waals surface area (Å²) in [6.45, 7) is 2.61. The summed E-state index contributed by atoms with van der Waals surface area (Å²) in [7, 11) is 1.53. The molecule has 1 aromatic carbocycles. The molecule has 2 atom stereocenters. The van der Waals surface area contributed by atoms with Crippen LogP contribution in [0.1, 0.15) is 57.4 Å². The number of hydrogen-bond donors (Lipinski definition) is 2. The number of rotatable bonds is 15. The first kappa shape index (κ1) is 28.1. The number of hydrogen-bond acceptors (Lipinski definition) is 6. The molecule has 1 aliphatic carbocycles. The lowest BCUT2D eigenvalue weighted by atomic mass is 9.75. The van der Waals surface area contributed by atoms with Crippen LogP contribution in [0, 0.1) is 11.3 Å². The van der Waals surface area contributed by atoms with Gasteiger partial charge < -0.3 is 24.6 Å². The minimum absolute atomic E-state index is 0.0375. The second kappa shape index (κ2) is 14.3. The second-order valence-electron chi connectivity index (χ2n) is 8.79. The van der Waals surface area contributed by atoms with Gasteiger partial charge in [0.2, 0.25) is 5.91 Å². The van der Waals surface area contributed by atoms with Crippen molar-refractivity contribution in [1.82, 2.24) is 5.32 Å². The van der Waals surface area contributed by atoms with Crippen LogP contribution in [0.5, 0.6) is 0 Å². The number of carboxylic acid groups (broad SMARTS) is 1. The van der Waals surface area contributed by atoms with E-state index in [1.165, 1.54) is 7.11 Å². The molecule has 8 nitrogen and oxygen atoms in total. The topological polar surface area (TPSA) is 111 Å². The van der Waals surface area contributed by atoms with Gasteiger partial charge in [-0.1, -0.05) is 42.6 Å². The minimum atomic E-state index is -0.928. The Morgan fingerprint density at radius 1 is 1.21 bits per heavy atom. The van der Waals surface area contributed by atoms with Crippen molar-refractivity contribution in [1.29, 1.82) is 0 Å². The number of aliphatic carboxylic acids is 1. The second-order valence-corrected chi connectivity index (χ2v) is 9.20. The van der Waals surface area contributed by atoms with Gasteiger partial charge in [-0.25, -0.2) is 0 Å². The van der Waals surface area contributed by atoms with Gasteiger partial charge in [-0.2, -0.15) is 0 Å². The van der Waals surface area contributed by atoms with Crippen molar-refractivity contribution >= 4 is 29.4 Å². The maximum atomic E-state index is 13.5. The van der Waals surface area contributed by atoms with E-state index in [0.717, 1.165) is 18.4 Å². The van der Waals surface area contributed by atoms with E-state index in [-0.39, 0.29) is 38.6 Å². The lowest BCUT2D eigenvalue weighted by Gasteiger charge is -2.32. The summed E-state index contributed by atoms with van der Waals surface area (Å²) in [5.74, 6) is -2.27. The number of nitrogens with one attached hydrogen (secondary N) is 1. The molecule has 190 valence electrons. The Morgan fingerprint density at radius 3 is 2.53 bits per heavy atom. The van der Waals surface area contributed by atoms with Gasteiger partial charge in [-0.3, -0.25) is 14.4 Å². The van der Waals surface area contributed by atoms with Crippen LogP contribution in [0.3, 0.4) is 0 Å². The smallest absolute Gasteiger partial charge is 0.307 e. The van der Waals surface area contributed by atoms with Crippen LogP contribution in [0.4, 0.5) is 0 Å². The molecule has 2 N–H and O–H groups in total. The Kier molecular flexibility index (Phi) is 11.8. The molecule has 0 radical (unpaired) electrons. The molecular weight excluding hydrogens is 462 g/mol. The number of carbonyl (C=O) groups excluding carboxylic acids is 2. The van der Waals surface area contributed by atoms with Crippen molar-refractivity contribution in [3.05, 3.63) is 34.9 Å². The standard InChI is InChI=1S/C25H36ClNO7/c1-3-34-22(28)14-20(17-33-16-19-8-4-5-9-21(19)26)27-24(31)25(11-6-7-12-25)15-18(23(29)30)10-13-32-2/h4-5,8-9,18,20H,3,6-7,10-17H2,1-2H3,(H,27,31)(H,29,30)/t18-,20+/m1/s1. The van der Waals surface area contributed by atoms with Crippen LogP contribution >= 0.6 is 11.6 Å². The van der Waals surface area contributed by atoms with Crippen molar-refractivity contribution in [3.8, 4) is 0 Å². The maximum Gasteiger partial charge on any atom is 0.307 e. The average molecular weight is 498 g/mol. The van der Waals surface area contributed by atoms with Crippen LogP contribution in [0.15, 0.2) is 24.3 Å². The van der Waals surface area contributed by atoms with Crippen molar-refractivity contribution < 1.29 is 33.7 Å². The first-order valence-electron chi connectivity index (χ1n) is 11.8. The summed E-state index contributed by atoms with van der Waals surface area (Å²) in [5.41, 5.74) is 0.0204. The van der Waals surface area contributed by atoms with Crippen molar-refractivity contribution in [2.24, 2.45) is 11.3 Å². The lowest BCUT2D eigenvalue weighted by Crippen LogP contribution is -2.48. The molecule has 0 heterocycles. The number of halogens is 1. The number of amides is 1. The normalized spacial score (nSPS) is 16.6. The SMILES string of the molecule is CCOC(=O)C[C@@H](COCc1ccccc1Cl)NC(=O)C1(C[C@@H](CCOC)C(=O)O)CCCC1. The summed E-state index contributed by atoms with van der Waals surface area (Å²) < 4.78 is 15.9. The van der Waals surface area contributed by atoms with Crippen LogP contribution in [0.2, 0.25) is 5.02 Å². The van der Waals surface area contributed by atoms with Crippen molar-refractivity contribution in [2.45, 2.75) is 64.5 Å². The molecule has 2 rings (SSSR count). The molecule has 1 saturated carbocycles. The predicted molar refractivity (Wildman–Crippen MR) is 127 cm³/mol. The number of carbonyl (C=O) groups is 3. The summed E-state index contributed by atoms with van der Waals surface area (Å²) >= 11 is 6.18. The van der Waals surface area contributed by atoms with Crippen LogP contribution in [0.25, 0.3) is 0 Å². The van der Waals surface area contributed by atoms with E-state index < -0.39 is 29.3 Å². The van der Waals surface area contributed by atoms with Crippen LogP contribution < -0.4 is 5.32 Å². The molecule has 0 aliphatic heterocycles. The van der Waals surface area contributed by atoms with Crippen molar-refractivity contribution in [2.75, 3.05) is 26.9 Å². The summed E-state index contributed by atoms with van der Waals surface area (Å²) in [5, 5.41) is 13.2. The van der Waals surface area contributed by atoms with E-state index in [1.54, 1.807) is 13.0 Å². The Hall–Kier alpha value is -2.16. The maximum absolute atomic E-state index is 13.5. The number of carboxylic acids is 1. The zero-order valence-electron chi connectivity index (χ0n) is 20.0. The fourth-order valence-corrected chi connectivity index (χ4v) is 4.65. The zero-order valence-corrected chi connectivity index (χ0v) is 20.8. The third kappa shape index (κ3) is 8.56. The van der Waals surface area contributed by atoms with Gasteiger partial charge in [0.15, 0.2) is 0 Å². The lowest BCUT2D eigenvalue weighted by molar-refractivity contribution is -0.145. The van der Waals surface area contributed by atoms with Crippen LogP contribution in [-0.4, -0.2) is 55.9 Å². The van der Waals surface area contributed by atoms with E-state index >= 15 is 0 Å². The molecule has 1 aromatic rings. The number of ether oxygens (including phenoxy) is 3. The van der Waals surface area contributed by atoms with Gasteiger partial charge in [-0.15, -0.1) is 0 Å². The predicted octanol–water partition coefficient (Wildman–Crippen LogP) is 3.98. The average Bonchev–Trinajstić information content (AvgIpc) is 3.27. The van der Waals surface area contributed by atoms with E-state index in [0.29, 0.717) is 30.9 Å². The van der Waals surface area contributed by atoms with Gasteiger partial charge in [-0.05, 0) is 44.2 Å². The third-order valence-electron chi connectivity index (χ3n) is 6.29. The number of esters is 1. The van der Waals surface area contributed by atoms with Crippen molar-refractivity contribution in [3.63, 3.8) is 0 Å². The number of benzene rings is 1. The molecule has 0 saturated heterocycles. The van der Waals surface area contributed by atoms with E-state index in [9.17, 15) is 19.5 Å². The largest absolute Gasteiger partial charge is 0.481 e. The summed E-state index contributed by atoms with van der Waals surface area (Å²) in [6.07, 6.45) is 3.48. The monoisotopic (exact) mass is 497 g/mol. The minimum Gasteiger partial charge on any atom is -0.481 e. The molecule has 1 fully saturated rings. The summed E-state index contributed by atoms with van der Waals surface area (Å²) in [6, 6.07) is 6.70. The molecule has 34 heavy (non-hydrogen) atoms. The molecule has 0 unspecified atom stereocenters. The Labute approximate surface area is 206 Å². The molecular formula is C25H36ClNO7. The van der Waals surface area contributed by atoms with Crippen LogP contribution in [-0.2, 0) is 35.2 Å². The molecule has 1 aliphatic rings. The Bertz CT molecular complexity index is 810. The van der Waals surface area contributed by atoms with Gasteiger partial charge in [0, 0.05) is 18.7 Å². The third-order valence-corrected chi connectivity index (χ3v) is 6.66. The molecule has 9 heteroatoms. The first-order chi connectivity index (χ1) is 16.3. The van der Waals surface area contributed by atoms with Gasteiger partial charge in [0.1, 0.15) is 0 Å². The Morgan fingerprint density at radius 2 is 1.91 bits per heavy atom. The highest BCUT2D eigenvalue weighted by molar-refractivity contribution is 6.31. The molecule has 0 spiro atoms. The zero-order chi connectivity index (χ0) is 25.0. The highest BCUT2D eigenvalue weighted by Crippen LogP contribution is 2.44. The first-order valence-corrected chi connectivity index (χ1v) is 12.2. The molecule has 1 amide bonds.